The number of nitrogens with zero attached hydrogens (tertiary/aromatic N) is 2. The summed E-state index contributed by atoms with van der Waals surface area (Å²) in [7, 11) is -2.58. The Kier molecular flexibility index (Phi) is 5.94. The molecule has 2 heterocycles. The predicted molar refractivity (Wildman–Crippen MR) is 113 cm³/mol. The summed E-state index contributed by atoms with van der Waals surface area (Å²) in [5.41, 5.74) is 0.0967. The highest BCUT2D eigenvalue weighted by molar-refractivity contribution is 7.89. The molecule has 2 aliphatic heterocycles. The van der Waals surface area contributed by atoms with Gasteiger partial charge in [0.05, 0.1) is 17.6 Å². The average molecular weight is 461 g/mol. The second-order valence-electron chi connectivity index (χ2n) is 7.39. The van der Waals surface area contributed by atoms with Gasteiger partial charge in [-0.05, 0) is 30.3 Å². The lowest BCUT2D eigenvalue weighted by molar-refractivity contribution is -0.142. The van der Waals surface area contributed by atoms with Gasteiger partial charge in [0.2, 0.25) is 16.1 Å². The summed E-state index contributed by atoms with van der Waals surface area (Å²) < 4.78 is 40.0. The number of ether oxygens (including phenoxy) is 3. The van der Waals surface area contributed by atoms with Crippen molar-refractivity contribution in [1.82, 2.24) is 9.80 Å². The third-order valence-corrected chi connectivity index (χ3v) is 6.30. The number of carbonyl (C=O) groups is 2. The number of amides is 2. The molecule has 4 rings (SSSR count). The van der Waals surface area contributed by atoms with E-state index in [-0.39, 0.29) is 41.8 Å². The van der Waals surface area contributed by atoms with Crippen molar-refractivity contribution >= 4 is 21.8 Å². The van der Waals surface area contributed by atoms with E-state index in [2.05, 4.69) is 0 Å². The lowest BCUT2D eigenvalue weighted by Crippen LogP contribution is -2.55. The highest BCUT2D eigenvalue weighted by Crippen LogP contribution is 2.31. The standard InChI is InChI=1S/C21H23N3O7S/c1-29-16-7-6-14(32(22,27)28)12-15(16)20(25)23-8-10-24(11-9-23)21(26)19-13-30-17-4-2-3-5-18(17)31-19/h2-7,12,19H,8-11,13H2,1H3,(H2,22,27,28). The monoisotopic (exact) mass is 461 g/mol. The van der Waals surface area contributed by atoms with Crippen LogP contribution in [0.25, 0.3) is 0 Å². The number of primary sulfonamides is 1. The molecule has 1 saturated heterocycles. The van der Waals surface area contributed by atoms with Gasteiger partial charge in [-0.15, -0.1) is 0 Å². The topological polar surface area (TPSA) is 128 Å². The van der Waals surface area contributed by atoms with Gasteiger partial charge in [0.1, 0.15) is 12.4 Å². The second kappa shape index (κ2) is 8.67. The molecule has 2 aliphatic rings. The van der Waals surface area contributed by atoms with E-state index in [9.17, 15) is 18.0 Å². The van der Waals surface area contributed by atoms with Crippen LogP contribution in [-0.2, 0) is 14.8 Å². The summed E-state index contributed by atoms with van der Waals surface area (Å²) >= 11 is 0. The first-order valence-corrected chi connectivity index (χ1v) is 11.5. The number of fused-ring (bicyclic) bond motifs is 1. The van der Waals surface area contributed by atoms with Gasteiger partial charge in [0, 0.05) is 26.2 Å². The molecule has 1 fully saturated rings. The number of hydrogen-bond donors (Lipinski definition) is 1. The molecule has 2 N–H and O–H groups in total. The lowest BCUT2D eigenvalue weighted by atomic mass is 10.1. The first kappa shape index (κ1) is 21.9. The molecule has 0 aliphatic carbocycles. The van der Waals surface area contributed by atoms with Crippen LogP contribution in [0.3, 0.4) is 0 Å². The van der Waals surface area contributed by atoms with Gasteiger partial charge < -0.3 is 24.0 Å². The molecule has 2 aromatic rings. The SMILES string of the molecule is COc1ccc(S(N)(=O)=O)cc1C(=O)N1CCN(C(=O)C2COc3ccccc3O2)CC1. The Morgan fingerprint density at radius 2 is 1.69 bits per heavy atom. The Bertz CT molecular complexity index is 1140. The molecule has 0 bridgehead atoms. The van der Waals surface area contributed by atoms with E-state index in [4.69, 9.17) is 19.3 Å². The average Bonchev–Trinajstić information content (AvgIpc) is 2.82. The molecule has 2 amide bonds. The van der Waals surface area contributed by atoms with Crippen LogP contribution >= 0.6 is 0 Å². The van der Waals surface area contributed by atoms with Crippen molar-refractivity contribution in [2.24, 2.45) is 5.14 Å². The van der Waals surface area contributed by atoms with Crippen LogP contribution < -0.4 is 19.3 Å². The van der Waals surface area contributed by atoms with E-state index in [1.807, 2.05) is 6.07 Å². The van der Waals surface area contributed by atoms with Crippen LogP contribution in [0.5, 0.6) is 17.2 Å². The first-order chi connectivity index (χ1) is 15.3. The zero-order valence-electron chi connectivity index (χ0n) is 17.4. The van der Waals surface area contributed by atoms with Crippen molar-refractivity contribution in [1.29, 1.82) is 0 Å². The van der Waals surface area contributed by atoms with Gasteiger partial charge in [0.25, 0.3) is 11.8 Å². The normalized spacial score (nSPS) is 18.2. The molecular formula is C21H23N3O7S. The van der Waals surface area contributed by atoms with Gasteiger partial charge in [-0.25, -0.2) is 13.6 Å². The molecule has 1 unspecified atom stereocenters. The largest absolute Gasteiger partial charge is 0.496 e. The highest BCUT2D eigenvalue weighted by Gasteiger charge is 2.34. The van der Waals surface area contributed by atoms with Crippen molar-refractivity contribution in [3.8, 4) is 17.2 Å². The molecule has 0 spiro atoms. The summed E-state index contributed by atoms with van der Waals surface area (Å²) in [4.78, 5) is 28.9. The van der Waals surface area contributed by atoms with Crippen molar-refractivity contribution in [2.75, 3.05) is 39.9 Å². The second-order valence-corrected chi connectivity index (χ2v) is 8.95. The maximum atomic E-state index is 13.0. The summed E-state index contributed by atoms with van der Waals surface area (Å²) in [5.74, 6) is 0.758. The fourth-order valence-electron chi connectivity index (χ4n) is 3.68. The number of rotatable bonds is 4. The van der Waals surface area contributed by atoms with Gasteiger partial charge in [-0.3, -0.25) is 9.59 Å². The summed E-state index contributed by atoms with van der Waals surface area (Å²) in [6.07, 6.45) is -0.751. The molecule has 1 atom stereocenters. The Morgan fingerprint density at radius 3 is 2.34 bits per heavy atom. The van der Waals surface area contributed by atoms with Crippen LogP contribution in [0.15, 0.2) is 47.4 Å². The molecule has 10 nitrogen and oxygen atoms in total. The van der Waals surface area contributed by atoms with Crippen molar-refractivity contribution < 1.29 is 32.2 Å². The van der Waals surface area contributed by atoms with Crippen molar-refractivity contribution in [2.45, 2.75) is 11.0 Å². The fourth-order valence-corrected chi connectivity index (χ4v) is 4.22. The summed E-state index contributed by atoms with van der Waals surface area (Å²) in [5, 5.41) is 5.19. The van der Waals surface area contributed by atoms with E-state index in [0.29, 0.717) is 24.6 Å². The maximum absolute atomic E-state index is 13.0. The van der Waals surface area contributed by atoms with Crippen LogP contribution in [0, 0.1) is 0 Å². The van der Waals surface area contributed by atoms with Gasteiger partial charge in [-0.1, -0.05) is 12.1 Å². The quantitative estimate of drug-likeness (QED) is 0.701. The molecule has 32 heavy (non-hydrogen) atoms. The van der Waals surface area contributed by atoms with E-state index in [1.165, 1.54) is 25.3 Å². The van der Waals surface area contributed by atoms with E-state index in [1.54, 1.807) is 28.0 Å². The molecular weight excluding hydrogens is 438 g/mol. The lowest BCUT2D eigenvalue weighted by Gasteiger charge is -2.37. The molecule has 0 aromatic heterocycles. The van der Waals surface area contributed by atoms with Crippen LogP contribution in [-0.4, -0.2) is 76.0 Å². The van der Waals surface area contributed by atoms with Crippen LogP contribution in [0.2, 0.25) is 0 Å². The van der Waals surface area contributed by atoms with Gasteiger partial charge in [0.15, 0.2) is 11.5 Å². The number of carbonyl (C=O) groups excluding carboxylic acids is 2. The number of hydrogen-bond acceptors (Lipinski definition) is 7. The van der Waals surface area contributed by atoms with Crippen LogP contribution in [0.4, 0.5) is 0 Å². The van der Waals surface area contributed by atoms with E-state index < -0.39 is 22.0 Å². The minimum absolute atomic E-state index is 0.0967. The highest BCUT2D eigenvalue weighted by atomic mass is 32.2. The summed E-state index contributed by atoms with van der Waals surface area (Å²) in [6, 6.07) is 11.0. The maximum Gasteiger partial charge on any atom is 0.267 e. The predicted octanol–water partition coefficient (Wildman–Crippen LogP) is 0.467. The molecule has 2 aromatic carbocycles. The Labute approximate surface area is 185 Å². The van der Waals surface area contributed by atoms with Crippen LogP contribution in [0.1, 0.15) is 10.4 Å². The third kappa shape index (κ3) is 4.34. The Morgan fingerprint density at radius 1 is 1.03 bits per heavy atom. The number of nitrogens with two attached hydrogens (primary N) is 1. The number of methoxy groups -OCH3 is 1. The van der Waals surface area contributed by atoms with E-state index in [0.717, 1.165) is 0 Å². The minimum Gasteiger partial charge on any atom is -0.496 e. The molecule has 0 radical (unpaired) electrons. The smallest absolute Gasteiger partial charge is 0.267 e. The van der Waals surface area contributed by atoms with Gasteiger partial charge in [-0.2, -0.15) is 0 Å². The van der Waals surface area contributed by atoms with Gasteiger partial charge >= 0.3 is 0 Å². The summed E-state index contributed by atoms with van der Waals surface area (Å²) in [6.45, 7) is 1.29. The number of piperazine rings is 1. The zero-order chi connectivity index (χ0) is 22.9. The Hall–Kier alpha value is -3.31. The fraction of sp³-hybridized carbons (Fsp3) is 0.333. The number of sulfonamides is 1. The van der Waals surface area contributed by atoms with Crippen molar-refractivity contribution in [3.05, 3.63) is 48.0 Å². The molecule has 170 valence electrons. The third-order valence-electron chi connectivity index (χ3n) is 5.39. The van der Waals surface area contributed by atoms with E-state index >= 15 is 0 Å². The molecule has 11 heteroatoms. The Balaban J connectivity index is 1.42. The minimum atomic E-state index is -3.97. The molecule has 0 saturated carbocycles. The van der Waals surface area contributed by atoms with Crippen molar-refractivity contribution in [3.63, 3.8) is 0 Å². The first-order valence-electron chi connectivity index (χ1n) is 9.95. The zero-order valence-corrected chi connectivity index (χ0v) is 18.2. The number of benzene rings is 2. The number of para-hydroxylation sites is 2.